The number of hydrogen-bond acceptors (Lipinski definition) is 3. The second kappa shape index (κ2) is 9.80. The number of hydrogen-bond donors (Lipinski definition) is 1. The third-order valence-electron chi connectivity index (χ3n) is 3.55. The lowest BCUT2D eigenvalue weighted by Gasteiger charge is -2.20. The van der Waals surface area contributed by atoms with Crippen molar-refractivity contribution in [3.05, 3.63) is 71.5 Å². The molecule has 128 valence electrons. The summed E-state index contributed by atoms with van der Waals surface area (Å²) in [7, 11) is 1.60. The van der Waals surface area contributed by atoms with Gasteiger partial charge in [-0.2, -0.15) is 0 Å². The van der Waals surface area contributed by atoms with Gasteiger partial charge >= 0.3 is 0 Å². The minimum Gasteiger partial charge on any atom is -0.382 e. The first-order valence-corrected chi connectivity index (χ1v) is 7.87. The summed E-state index contributed by atoms with van der Waals surface area (Å²) in [4.78, 5) is 12.2. The molecule has 1 atom stereocenters. The van der Waals surface area contributed by atoms with E-state index in [4.69, 9.17) is 9.47 Å². The van der Waals surface area contributed by atoms with E-state index in [1.54, 1.807) is 19.2 Å². The fraction of sp³-hybridized carbons (Fsp3) is 0.316. The molecule has 0 spiro atoms. The number of ether oxygens (including phenoxy) is 2. The lowest BCUT2D eigenvalue weighted by atomic mass is 9.98. The average molecular weight is 331 g/mol. The van der Waals surface area contributed by atoms with Crippen molar-refractivity contribution in [2.75, 3.05) is 26.9 Å². The summed E-state index contributed by atoms with van der Waals surface area (Å²) in [6, 6.07) is 15.4. The Morgan fingerprint density at radius 2 is 1.67 bits per heavy atom. The van der Waals surface area contributed by atoms with E-state index in [1.807, 2.05) is 30.3 Å². The molecule has 24 heavy (non-hydrogen) atoms. The highest BCUT2D eigenvalue weighted by molar-refractivity contribution is 5.77. The monoisotopic (exact) mass is 331 g/mol. The van der Waals surface area contributed by atoms with Crippen LogP contribution in [0.2, 0.25) is 0 Å². The van der Waals surface area contributed by atoms with E-state index in [9.17, 15) is 9.18 Å². The van der Waals surface area contributed by atoms with E-state index < -0.39 is 0 Å². The van der Waals surface area contributed by atoms with Gasteiger partial charge in [-0.15, -0.1) is 0 Å². The van der Waals surface area contributed by atoms with Crippen molar-refractivity contribution < 1.29 is 18.7 Å². The predicted molar refractivity (Wildman–Crippen MR) is 90.1 cm³/mol. The number of rotatable bonds is 9. The standard InChI is InChI=1S/C19H22FNO3/c1-23-13-14-24-12-11-18(22)21-19(15-5-3-2-4-6-15)16-7-9-17(20)10-8-16/h2-10,19H,11-14H2,1H3,(H,21,22). The maximum absolute atomic E-state index is 13.2. The van der Waals surface area contributed by atoms with Crippen LogP contribution in [0.15, 0.2) is 54.6 Å². The van der Waals surface area contributed by atoms with Gasteiger partial charge in [0.2, 0.25) is 5.91 Å². The minimum atomic E-state index is -0.321. The molecule has 0 saturated heterocycles. The van der Waals surface area contributed by atoms with Crippen LogP contribution >= 0.6 is 0 Å². The number of benzene rings is 2. The summed E-state index contributed by atoms with van der Waals surface area (Å²) in [6.07, 6.45) is 0.258. The van der Waals surface area contributed by atoms with Crippen LogP contribution in [0.5, 0.6) is 0 Å². The Hall–Kier alpha value is -2.24. The van der Waals surface area contributed by atoms with E-state index in [-0.39, 0.29) is 24.2 Å². The van der Waals surface area contributed by atoms with Crippen molar-refractivity contribution in [2.24, 2.45) is 0 Å². The second-order valence-corrected chi connectivity index (χ2v) is 5.32. The Morgan fingerprint density at radius 3 is 2.33 bits per heavy atom. The molecule has 0 radical (unpaired) electrons. The summed E-state index contributed by atoms with van der Waals surface area (Å²) in [5.74, 6) is -0.422. The van der Waals surface area contributed by atoms with Gasteiger partial charge in [-0.3, -0.25) is 4.79 Å². The fourth-order valence-corrected chi connectivity index (χ4v) is 2.30. The van der Waals surface area contributed by atoms with Gasteiger partial charge in [0.05, 0.1) is 25.9 Å². The molecule has 0 fully saturated rings. The molecule has 0 aromatic heterocycles. The number of carbonyl (C=O) groups is 1. The van der Waals surface area contributed by atoms with Crippen molar-refractivity contribution in [3.8, 4) is 0 Å². The van der Waals surface area contributed by atoms with E-state index >= 15 is 0 Å². The largest absolute Gasteiger partial charge is 0.382 e. The molecule has 5 heteroatoms. The first-order valence-electron chi connectivity index (χ1n) is 7.87. The first-order chi connectivity index (χ1) is 11.7. The van der Waals surface area contributed by atoms with Gasteiger partial charge in [0.15, 0.2) is 0 Å². The molecular weight excluding hydrogens is 309 g/mol. The van der Waals surface area contributed by atoms with Crippen LogP contribution in [-0.4, -0.2) is 32.8 Å². The molecule has 0 heterocycles. The third kappa shape index (κ3) is 5.76. The van der Waals surface area contributed by atoms with Gasteiger partial charge in [0.1, 0.15) is 5.82 Å². The van der Waals surface area contributed by atoms with Gasteiger partial charge in [-0.05, 0) is 23.3 Å². The second-order valence-electron chi connectivity index (χ2n) is 5.32. The Labute approximate surface area is 141 Å². The van der Waals surface area contributed by atoms with Crippen LogP contribution in [-0.2, 0) is 14.3 Å². The SMILES string of the molecule is COCCOCCC(=O)NC(c1ccccc1)c1ccc(F)cc1. The van der Waals surface area contributed by atoms with Gasteiger partial charge in [0.25, 0.3) is 0 Å². The summed E-state index contributed by atoms with van der Waals surface area (Å²) < 4.78 is 23.4. The molecule has 2 aromatic carbocycles. The average Bonchev–Trinajstić information content (AvgIpc) is 2.61. The lowest BCUT2D eigenvalue weighted by molar-refractivity contribution is -0.122. The minimum absolute atomic E-state index is 0.120. The van der Waals surface area contributed by atoms with Crippen LogP contribution < -0.4 is 5.32 Å². The van der Waals surface area contributed by atoms with Gasteiger partial charge in [-0.1, -0.05) is 42.5 Å². The Bertz CT molecular complexity index is 616. The molecular formula is C19H22FNO3. The molecule has 0 saturated carbocycles. The van der Waals surface area contributed by atoms with Gasteiger partial charge < -0.3 is 14.8 Å². The zero-order chi connectivity index (χ0) is 17.2. The molecule has 0 bridgehead atoms. The molecule has 1 N–H and O–H groups in total. The third-order valence-corrected chi connectivity index (χ3v) is 3.55. The van der Waals surface area contributed by atoms with Crippen molar-refractivity contribution in [2.45, 2.75) is 12.5 Å². The van der Waals surface area contributed by atoms with Crippen LogP contribution in [0.25, 0.3) is 0 Å². The molecule has 2 aromatic rings. The summed E-state index contributed by atoms with van der Waals surface area (Å²) in [6.45, 7) is 1.30. The highest BCUT2D eigenvalue weighted by Crippen LogP contribution is 2.22. The van der Waals surface area contributed by atoms with E-state index in [0.717, 1.165) is 11.1 Å². The Kier molecular flexibility index (Phi) is 7.39. The van der Waals surface area contributed by atoms with Gasteiger partial charge in [-0.25, -0.2) is 4.39 Å². The van der Waals surface area contributed by atoms with E-state index in [2.05, 4.69) is 5.32 Å². The van der Waals surface area contributed by atoms with Crippen molar-refractivity contribution in [1.29, 1.82) is 0 Å². The maximum Gasteiger partial charge on any atom is 0.223 e. The van der Waals surface area contributed by atoms with Crippen molar-refractivity contribution in [1.82, 2.24) is 5.32 Å². The highest BCUT2D eigenvalue weighted by Gasteiger charge is 2.16. The molecule has 0 aliphatic carbocycles. The molecule has 1 unspecified atom stereocenters. The number of carbonyl (C=O) groups excluding carboxylic acids is 1. The van der Waals surface area contributed by atoms with E-state index in [0.29, 0.717) is 19.8 Å². The van der Waals surface area contributed by atoms with Gasteiger partial charge in [0, 0.05) is 13.5 Å². The molecule has 2 rings (SSSR count). The van der Waals surface area contributed by atoms with Crippen molar-refractivity contribution in [3.63, 3.8) is 0 Å². The van der Waals surface area contributed by atoms with Crippen molar-refractivity contribution >= 4 is 5.91 Å². The lowest BCUT2D eigenvalue weighted by Crippen LogP contribution is -2.30. The first kappa shape index (κ1) is 18.1. The molecule has 0 aliphatic rings. The number of amides is 1. The maximum atomic E-state index is 13.2. The highest BCUT2D eigenvalue weighted by atomic mass is 19.1. The number of halogens is 1. The van der Waals surface area contributed by atoms with E-state index in [1.165, 1.54) is 12.1 Å². The quantitative estimate of drug-likeness (QED) is 0.718. The Balaban J connectivity index is 2.01. The zero-order valence-electron chi connectivity index (χ0n) is 13.7. The number of methoxy groups -OCH3 is 1. The normalized spacial score (nSPS) is 11.9. The topological polar surface area (TPSA) is 47.6 Å². The van der Waals surface area contributed by atoms with Crippen LogP contribution in [0, 0.1) is 5.82 Å². The fourth-order valence-electron chi connectivity index (χ4n) is 2.30. The van der Waals surface area contributed by atoms with Crippen LogP contribution in [0.4, 0.5) is 4.39 Å². The number of nitrogens with one attached hydrogen (secondary N) is 1. The summed E-state index contributed by atoms with van der Waals surface area (Å²) in [5.41, 5.74) is 1.77. The predicted octanol–water partition coefficient (Wildman–Crippen LogP) is 3.08. The summed E-state index contributed by atoms with van der Waals surface area (Å²) >= 11 is 0. The van der Waals surface area contributed by atoms with Crippen LogP contribution in [0.3, 0.4) is 0 Å². The molecule has 4 nitrogen and oxygen atoms in total. The summed E-state index contributed by atoms with van der Waals surface area (Å²) in [5, 5.41) is 2.99. The molecule has 1 amide bonds. The smallest absolute Gasteiger partial charge is 0.223 e. The van der Waals surface area contributed by atoms with Crippen LogP contribution in [0.1, 0.15) is 23.6 Å². The zero-order valence-corrected chi connectivity index (χ0v) is 13.7. The Morgan fingerprint density at radius 1 is 1.00 bits per heavy atom. The molecule has 0 aliphatic heterocycles.